The van der Waals surface area contributed by atoms with E-state index in [-0.39, 0.29) is 25.2 Å². The number of esters is 2. The molecular weight excluding hydrogens is 777 g/mol. The lowest BCUT2D eigenvalue weighted by Gasteiger charge is -2.15. The molecule has 5 heteroatoms. The van der Waals surface area contributed by atoms with Crippen molar-refractivity contribution in [3.63, 3.8) is 0 Å². The Bertz CT molecular complexity index is 1400. The number of carbonyl (C=O) groups excluding carboxylic acids is 2. The van der Waals surface area contributed by atoms with E-state index in [9.17, 15) is 14.7 Å². The zero-order valence-corrected chi connectivity index (χ0v) is 40.0. The topological polar surface area (TPSA) is 72.8 Å². The highest BCUT2D eigenvalue weighted by Gasteiger charge is 2.16. The monoisotopic (exact) mass is 867 g/mol. The van der Waals surface area contributed by atoms with Gasteiger partial charge in [-0.15, -0.1) is 0 Å². The highest BCUT2D eigenvalue weighted by Crippen LogP contribution is 2.11. The number of rotatable bonds is 43. The molecule has 0 spiro atoms. The fourth-order valence-corrected chi connectivity index (χ4v) is 6.14. The molecule has 0 aliphatic rings. The van der Waals surface area contributed by atoms with Gasteiger partial charge >= 0.3 is 11.9 Å². The second kappa shape index (κ2) is 52.1. The van der Waals surface area contributed by atoms with Crippen molar-refractivity contribution in [2.75, 3.05) is 13.2 Å². The summed E-state index contributed by atoms with van der Waals surface area (Å²) in [6.45, 7) is 3.94. The van der Waals surface area contributed by atoms with Crippen LogP contribution in [0.3, 0.4) is 0 Å². The summed E-state index contributed by atoms with van der Waals surface area (Å²) < 4.78 is 10.6. The van der Waals surface area contributed by atoms with E-state index in [1.807, 2.05) is 0 Å². The van der Waals surface area contributed by atoms with E-state index < -0.39 is 6.10 Å². The van der Waals surface area contributed by atoms with Crippen molar-refractivity contribution in [2.45, 2.75) is 193 Å². The Kier molecular flexibility index (Phi) is 48.6. The summed E-state index contributed by atoms with van der Waals surface area (Å²) in [6.07, 6.45) is 79.4. The number of ether oxygens (including phenoxy) is 2. The minimum atomic E-state index is -0.802. The maximum Gasteiger partial charge on any atom is 0.306 e. The zero-order chi connectivity index (χ0) is 45.6. The molecule has 0 aromatic rings. The van der Waals surface area contributed by atoms with Gasteiger partial charge in [0.05, 0.1) is 6.61 Å². The van der Waals surface area contributed by atoms with E-state index in [0.29, 0.717) is 12.8 Å². The van der Waals surface area contributed by atoms with Crippen molar-refractivity contribution in [3.8, 4) is 0 Å². The molecular formula is C58H90O5. The second-order valence-electron chi connectivity index (χ2n) is 15.8. The van der Waals surface area contributed by atoms with Crippen molar-refractivity contribution in [1.82, 2.24) is 0 Å². The molecule has 0 bridgehead atoms. The summed E-state index contributed by atoms with van der Waals surface area (Å²) in [7, 11) is 0. The Morgan fingerprint density at radius 1 is 0.381 bits per heavy atom. The van der Waals surface area contributed by atoms with Crippen LogP contribution in [0.4, 0.5) is 0 Å². The third-order valence-corrected chi connectivity index (χ3v) is 9.87. The summed E-state index contributed by atoms with van der Waals surface area (Å²) >= 11 is 0. The predicted molar refractivity (Wildman–Crippen MR) is 274 cm³/mol. The molecule has 0 saturated heterocycles. The average molecular weight is 867 g/mol. The van der Waals surface area contributed by atoms with Crippen LogP contribution in [0, 0.1) is 0 Å². The van der Waals surface area contributed by atoms with Crippen molar-refractivity contribution < 1.29 is 24.2 Å². The third-order valence-electron chi connectivity index (χ3n) is 9.87. The van der Waals surface area contributed by atoms with E-state index in [1.165, 1.54) is 38.5 Å². The van der Waals surface area contributed by atoms with Gasteiger partial charge in [0.15, 0.2) is 6.10 Å². The normalized spacial score (nSPS) is 13.5. The average Bonchev–Trinajstić information content (AvgIpc) is 3.29. The Morgan fingerprint density at radius 3 is 1.06 bits per heavy atom. The maximum atomic E-state index is 12.2. The molecule has 0 rings (SSSR count). The van der Waals surface area contributed by atoms with Gasteiger partial charge < -0.3 is 14.6 Å². The van der Waals surface area contributed by atoms with Gasteiger partial charge in [0.2, 0.25) is 0 Å². The molecule has 0 aromatic carbocycles. The molecule has 1 atom stereocenters. The Labute approximate surface area is 387 Å². The number of allylic oxidation sites excluding steroid dienone is 24. The quantitative estimate of drug-likeness (QED) is 0.0375. The van der Waals surface area contributed by atoms with Crippen molar-refractivity contribution in [1.29, 1.82) is 0 Å². The molecule has 352 valence electrons. The first-order valence-corrected chi connectivity index (χ1v) is 24.9. The number of carbonyl (C=O) groups is 2. The predicted octanol–water partition coefficient (Wildman–Crippen LogP) is 16.7. The van der Waals surface area contributed by atoms with E-state index in [4.69, 9.17) is 9.47 Å². The zero-order valence-electron chi connectivity index (χ0n) is 40.0. The minimum absolute atomic E-state index is 0.0930. The molecule has 63 heavy (non-hydrogen) atoms. The first-order valence-electron chi connectivity index (χ1n) is 24.9. The van der Waals surface area contributed by atoms with Crippen LogP contribution in [0.25, 0.3) is 0 Å². The number of unbranched alkanes of at least 4 members (excludes halogenated alkanes) is 11. The van der Waals surface area contributed by atoms with Gasteiger partial charge in [0.1, 0.15) is 6.61 Å². The van der Waals surface area contributed by atoms with Gasteiger partial charge in [0, 0.05) is 12.8 Å². The molecule has 0 fully saturated rings. The van der Waals surface area contributed by atoms with Gasteiger partial charge in [-0.2, -0.15) is 0 Å². The fraction of sp³-hybridized carbons (Fsp3) is 0.552. The molecule has 1 N–H and O–H groups in total. The lowest BCUT2D eigenvalue weighted by Crippen LogP contribution is -2.28. The molecule has 0 radical (unpaired) electrons. The maximum absolute atomic E-state index is 12.2. The first kappa shape index (κ1) is 58.8. The summed E-state index contributed by atoms with van der Waals surface area (Å²) in [6, 6.07) is 0. The lowest BCUT2D eigenvalue weighted by atomic mass is 10.1. The number of hydrogen-bond donors (Lipinski definition) is 1. The standard InChI is InChI=1S/C58H90O5/c1-3-5-7-9-11-13-15-17-18-19-20-21-22-23-24-25-26-27-28-29-30-31-32-33-34-35-36-37-38-39-40-41-43-45-47-49-51-53-58(61)63-56(54-59)55-62-57(60)52-50-48-46-44-42-16-14-12-10-8-6-4-2/h5,7,11-14,17-18,20-21,23-24,26-27,29-30,32-33,35-36,38-39,41,43,56,59H,3-4,6,8-10,15-16,19,22,25,28,31,34,37,40,42,44-55H2,1-2H3/b7-5-,13-11-,14-12-,18-17-,21-20-,24-23-,27-26-,30-29-,33-32-,36-35-,39-38-,43-41-. The van der Waals surface area contributed by atoms with Crippen LogP contribution < -0.4 is 0 Å². The van der Waals surface area contributed by atoms with E-state index in [0.717, 1.165) is 122 Å². The molecule has 0 aromatic heterocycles. The van der Waals surface area contributed by atoms with Crippen LogP contribution in [0.2, 0.25) is 0 Å². The van der Waals surface area contributed by atoms with Gasteiger partial charge in [-0.05, 0) is 122 Å². The number of aliphatic hydroxyl groups excluding tert-OH is 1. The van der Waals surface area contributed by atoms with Crippen LogP contribution >= 0.6 is 0 Å². The smallest absolute Gasteiger partial charge is 0.306 e. The fourth-order valence-electron chi connectivity index (χ4n) is 6.14. The van der Waals surface area contributed by atoms with Crippen LogP contribution in [-0.4, -0.2) is 36.4 Å². The molecule has 0 aliphatic heterocycles. The summed E-state index contributed by atoms with van der Waals surface area (Å²) in [4.78, 5) is 24.3. The highest BCUT2D eigenvalue weighted by molar-refractivity contribution is 5.70. The van der Waals surface area contributed by atoms with Crippen LogP contribution in [0.5, 0.6) is 0 Å². The highest BCUT2D eigenvalue weighted by atomic mass is 16.6. The molecule has 0 heterocycles. The Balaban J connectivity index is 3.71. The molecule has 0 amide bonds. The van der Waals surface area contributed by atoms with E-state index in [1.54, 1.807) is 0 Å². The summed E-state index contributed by atoms with van der Waals surface area (Å²) in [5.74, 6) is -0.654. The summed E-state index contributed by atoms with van der Waals surface area (Å²) in [5, 5.41) is 9.58. The minimum Gasteiger partial charge on any atom is -0.462 e. The van der Waals surface area contributed by atoms with Crippen LogP contribution in [0.15, 0.2) is 146 Å². The van der Waals surface area contributed by atoms with Crippen molar-refractivity contribution in [3.05, 3.63) is 146 Å². The van der Waals surface area contributed by atoms with Crippen LogP contribution in [-0.2, 0) is 19.1 Å². The number of aliphatic hydroxyl groups is 1. The third kappa shape index (κ3) is 50.3. The summed E-state index contributed by atoms with van der Waals surface area (Å²) in [5.41, 5.74) is 0. The van der Waals surface area contributed by atoms with Gasteiger partial charge in [0.25, 0.3) is 0 Å². The van der Waals surface area contributed by atoms with E-state index >= 15 is 0 Å². The first-order chi connectivity index (χ1) is 31.1. The Hall–Kier alpha value is -4.22. The largest absolute Gasteiger partial charge is 0.462 e. The molecule has 5 nitrogen and oxygen atoms in total. The lowest BCUT2D eigenvalue weighted by molar-refractivity contribution is -0.161. The van der Waals surface area contributed by atoms with Gasteiger partial charge in [-0.3, -0.25) is 9.59 Å². The van der Waals surface area contributed by atoms with Gasteiger partial charge in [-0.1, -0.05) is 198 Å². The van der Waals surface area contributed by atoms with E-state index in [2.05, 4.69) is 160 Å². The Morgan fingerprint density at radius 2 is 0.683 bits per heavy atom. The SMILES string of the molecule is CC/C=C\C/C=C\C/C=C\C/C=C\C/C=C\C/C=C\C/C=C\C/C=C\C/C=C\C/C=C\C/C=C\CCCCCC(=O)OC(CO)COC(=O)CCCCCCC/C=C\CCCCC. The second-order valence-corrected chi connectivity index (χ2v) is 15.8. The number of hydrogen-bond acceptors (Lipinski definition) is 5. The van der Waals surface area contributed by atoms with Crippen molar-refractivity contribution in [2.24, 2.45) is 0 Å². The molecule has 0 aliphatic carbocycles. The van der Waals surface area contributed by atoms with Crippen LogP contribution in [0.1, 0.15) is 187 Å². The van der Waals surface area contributed by atoms with Crippen molar-refractivity contribution >= 4 is 11.9 Å². The van der Waals surface area contributed by atoms with Gasteiger partial charge in [-0.25, -0.2) is 0 Å². The molecule has 0 saturated carbocycles. The molecule has 1 unspecified atom stereocenters.